The normalized spacial score (nSPS) is 14.8. The van der Waals surface area contributed by atoms with Crippen LogP contribution < -0.4 is 0 Å². The molecule has 1 N–H and O–H groups in total. The van der Waals surface area contributed by atoms with Crippen molar-refractivity contribution in [2.45, 2.75) is 38.5 Å². The third-order valence-corrected chi connectivity index (χ3v) is 1.76. The molecule has 0 fully saturated rings. The maximum atomic E-state index is 5.83. The van der Waals surface area contributed by atoms with Crippen LogP contribution >= 0.6 is 11.6 Å². The number of alkyl halides is 1. The fourth-order valence-electron chi connectivity index (χ4n) is 0.788. The molecule has 4 heteroatoms. The predicted octanol–water partition coefficient (Wildman–Crippen LogP) is 2.40. The quantitative estimate of drug-likeness (QED) is 0.686. The highest BCUT2D eigenvalue weighted by Crippen LogP contribution is 2.21. The standard InChI is InChI=1S/C8H14ClN3/c1-5(9)6-10-7(12-11-6)8(2,3)4/h5H,1-4H3,(H,10,11,12). The van der Waals surface area contributed by atoms with Gasteiger partial charge in [0.2, 0.25) is 0 Å². The monoisotopic (exact) mass is 187 g/mol. The Kier molecular flexibility index (Phi) is 2.42. The summed E-state index contributed by atoms with van der Waals surface area (Å²) >= 11 is 5.83. The van der Waals surface area contributed by atoms with Crippen molar-refractivity contribution in [3.05, 3.63) is 11.6 Å². The first-order chi connectivity index (χ1) is 5.41. The van der Waals surface area contributed by atoms with Gasteiger partial charge >= 0.3 is 0 Å². The minimum atomic E-state index is -0.103. The first-order valence-corrected chi connectivity index (χ1v) is 4.42. The van der Waals surface area contributed by atoms with Crippen molar-refractivity contribution in [2.75, 3.05) is 0 Å². The lowest BCUT2D eigenvalue weighted by Gasteiger charge is -2.11. The molecule has 0 aliphatic carbocycles. The van der Waals surface area contributed by atoms with Crippen LogP contribution in [0.4, 0.5) is 0 Å². The zero-order chi connectivity index (χ0) is 9.35. The number of halogens is 1. The number of H-pyrrole nitrogens is 1. The largest absolute Gasteiger partial charge is 0.262 e. The predicted molar refractivity (Wildman–Crippen MR) is 49.4 cm³/mol. The lowest BCUT2D eigenvalue weighted by atomic mass is 9.96. The Morgan fingerprint density at radius 1 is 1.42 bits per heavy atom. The van der Waals surface area contributed by atoms with E-state index in [9.17, 15) is 0 Å². The van der Waals surface area contributed by atoms with Crippen LogP contribution in [-0.4, -0.2) is 15.2 Å². The molecule has 1 rings (SSSR count). The molecule has 0 aromatic carbocycles. The van der Waals surface area contributed by atoms with Crippen LogP contribution in [0.25, 0.3) is 0 Å². The van der Waals surface area contributed by atoms with Crippen molar-refractivity contribution in [2.24, 2.45) is 0 Å². The van der Waals surface area contributed by atoms with E-state index >= 15 is 0 Å². The molecule has 1 atom stereocenters. The van der Waals surface area contributed by atoms with E-state index in [0.717, 1.165) is 11.6 Å². The summed E-state index contributed by atoms with van der Waals surface area (Å²) in [4.78, 5) is 4.28. The van der Waals surface area contributed by atoms with Crippen LogP contribution in [0.5, 0.6) is 0 Å². The summed E-state index contributed by atoms with van der Waals surface area (Å²) in [7, 11) is 0. The molecule has 0 bridgehead atoms. The zero-order valence-electron chi connectivity index (χ0n) is 7.85. The van der Waals surface area contributed by atoms with E-state index in [1.165, 1.54) is 0 Å². The van der Waals surface area contributed by atoms with Crippen LogP contribution in [0, 0.1) is 0 Å². The molecule has 0 radical (unpaired) electrons. The van der Waals surface area contributed by atoms with Gasteiger partial charge in [0, 0.05) is 5.41 Å². The number of hydrogen-bond donors (Lipinski definition) is 1. The SMILES string of the molecule is CC(Cl)c1nc(C(C)(C)C)n[nH]1. The van der Waals surface area contributed by atoms with E-state index in [1.807, 2.05) is 6.92 Å². The Morgan fingerprint density at radius 2 is 2.00 bits per heavy atom. The van der Waals surface area contributed by atoms with Gasteiger partial charge in [-0.2, -0.15) is 5.10 Å². The third kappa shape index (κ3) is 1.97. The number of aromatic amines is 1. The van der Waals surface area contributed by atoms with Crippen molar-refractivity contribution in [1.29, 1.82) is 0 Å². The number of hydrogen-bond acceptors (Lipinski definition) is 2. The number of nitrogens with zero attached hydrogens (tertiary/aromatic N) is 2. The Balaban J connectivity index is 2.92. The van der Waals surface area contributed by atoms with Crippen LogP contribution in [0.1, 0.15) is 44.7 Å². The van der Waals surface area contributed by atoms with E-state index in [4.69, 9.17) is 11.6 Å². The van der Waals surface area contributed by atoms with Gasteiger partial charge in [-0.05, 0) is 6.92 Å². The van der Waals surface area contributed by atoms with E-state index in [1.54, 1.807) is 0 Å². The smallest absolute Gasteiger partial charge is 0.156 e. The lowest BCUT2D eigenvalue weighted by Crippen LogP contribution is -2.13. The molecular formula is C8H14ClN3. The first-order valence-electron chi connectivity index (χ1n) is 3.98. The second kappa shape index (κ2) is 3.05. The summed E-state index contributed by atoms with van der Waals surface area (Å²) in [5.41, 5.74) is -0.0134. The van der Waals surface area contributed by atoms with Crippen molar-refractivity contribution >= 4 is 11.6 Å². The molecule has 12 heavy (non-hydrogen) atoms. The summed E-state index contributed by atoms with van der Waals surface area (Å²) in [6, 6.07) is 0. The molecule has 0 amide bonds. The first kappa shape index (κ1) is 9.52. The molecule has 3 nitrogen and oxygen atoms in total. The molecule has 0 saturated heterocycles. The summed E-state index contributed by atoms with van der Waals surface area (Å²) < 4.78 is 0. The number of nitrogens with one attached hydrogen (secondary N) is 1. The van der Waals surface area contributed by atoms with Crippen molar-refractivity contribution in [3.63, 3.8) is 0 Å². The molecule has 1 aromatic rings. The second-order valence-corrected chi connectivity index (χ2v) is 4.56. The van der Waals surface area contributed by atoms with Gasteiger partial charge in [-0.15, -0.1) is 11.6 Å². The third-order valence-electron chi connectivity index (χ3n) is 1.55. The summed E-state index contributed by atoms with van der Waals surface area (Å²) in [6.07, 6.45) is 0. The van der Waals surface area contributed by atoms with Crippen molar-refractivity contribution in [3.8, 4) is 0 Å². The van der Waals surface area contributed by atoms with Crippen LogP contribution in [-0.2, 0) is 5.41 Å². The fourth-order valence-corrected chi connectivity index (χ4v) is 0.885. The molecule has 0 saturated carbocycles. The maximum Gasteiger partial charge on any atom is 0.156 e. The number of aromatic nitrogens is 3. The van der Waals surface area contributed by atoms with Gasteiger partial charge in [-0.25, -0.2) is 4.98 Å². The van der Waals surface area contributed by atoms with Gasteiger partial charge in [0.05, 0.1) is 5.38 Å². The van der Waals surface area contributed by atoms with Crippen LogP contribution in [0.2, 0.25) is 0 Å². The lowest BCUT2D eigenvalue weighted by molar-refractivity contribution is 0.547. The van der Waals surface area contributed by atoms with Crippen LogP contribution in [0.3, 0.4) is 0 Å². The van der Waals surface area contributed by atoms with Gasteiger partial charge in [-0.3, -0.25) is 5.10 Å². The van der Waals surface area contributed by atoms with E-state index in [-0.39, 0.29) is 10.8 Å². The van der Waals surface area contributed by atoms with Gasteiger partial charge in [-0.1, -0.05) is 20.8 Å². The molecule has 1 unspecified atom stereocenters. The van der Waals surface area contributed by atoms with E-state index < -0.39 is 0 Å². The minimum Gasteiger partial charge on any atom is -0.262 e. The molecule has 68 valence electrons. The molecule has 0 aliphatic heterocycles. The average Bonchev–Trinajstić information content (AvgIpc) is 2.30. The van der Waals surface area contributed by atoms with E-state index in [2.05, 4.69) is 36.0 Å². The zero-order valence-corrected chi connectivity index (χ0v) is 8.61. The minimum absolute atomic E-state index is 0.0134. The molecule has 1 heterocycles. The molecular weight excluding hydrogens is 174 g/mol. The number of rotatable bonds is 1. The van der Waals surface area contributed by atoms with E-state index in [0.29, 0.717) is 0 Å². The molecule has 0 aliphatic rings. The Hall–Kier alpha value is -0.570. The Morgan fingerprint density at radius 3 is 2.25 bits per heavy atom. The summed E-state index contributed by atoms with van der Waals surface area (Å²) in [5, 5.41) is 6.80. The molecule has 1 aromatic heterocycles. The van der Waals surface area contributed by atoms with Gasteiger partial charge in [0.15, 0.2) is 5.82 Å². The average molecular weight is 188 g/mol. The topological polar surface area (TPSA) is 41.6 Å². The summed E-state index contributed by atoms with van der Waals surface area (Å²) in [6.45, 7) is 8.07. The second-order valence-electron chi connectivity index (χ2n) is 3.91. The highest BCUT2D eigenvalue weighted by molar-refractivity contribution is 6.20. The molecule has 0 spiro atoms. The Labute approximate surface area is 77.5 Å². The van der Waals surface area contributed by atoms with Crippen LogP contribution in [0.15, 0.2) is 0 Å². The van der Waals surface area contributed by atoms with Gasteiger partial charge in [0.1, 0.15) is 5.82 Å². The summed E-state index contributed by atoms with van der Waals surface area (Å²) in [5.74, 6) is 1.55. The highest BCUT2D eigenvalue weighted by atomic mass is 35.5. The van der Waals surface area contributed by atoms with Gasteiger partial charge in [0.25, 0.3) is 0 Å². The van der Waals surface area contributed by atoms with Crippen molar-refractivity contribution < 1.29 is 0 Å². The van der Waals surface area contributed by atoms with Gasteiger partial charge < -0.3 is 0 Å². The Bertz CT molecular complexity index is 260. The highest BCUT2D eigenvalue weighted by Gasteiger charge is 2.20. The fraction of sp³-hybridized carbons (Fsp3) is 0.750. The van der Waals surface area contributed by atoms with Crippen molar-refractivity contribution in [1.82, 2.24) is 15.2 Å². The maximum absolute atomic E-state index is 5.83.